The molecule has 0 spiro atoms. The Labute approximate surface area is 128 Å². The third-order valence-corrected chi connectivity index (χ3v) is 4.26. The summed E-state index contributed by atoms with van der Waals surface area (Å²) < 4.78 is 5.96. The lowest BCUT2D eigenvalue weighted by molar-refractivity contribution is -0.384. The fourth-order valence-electron chi connectivity index (χ4n) is 2.09. The minimum absolute atomic E-state index is 0.0822. The quantitative estimate of drug-likeness (QED) is 0.627. The van der Waals surface area contributed by atoms with Gasteiger partial charge in [0.2, 0.25) is 0 Å². The van der Waals surface area contributed by atoms with E-state index in [1.807, 2.05) is 0 Å². The lowest BCUT2D eigenvalue weighted by Gasteiger charge is -2.28. The van der Waals surface area contributed by atoms with E-state index in [9.17, 15) is 14.9 Å². The van der Waals surface area contributed by atoms with Gasteiger partial charge in [-0.3, -0.25) is 14.9 Å². The van der Waals surface area contributed by atoms with Crippen LogP contribution >= 0.6 is 22.9 Å². The first-order chi connectivity index (χ1) is 10.1. The standard InChI is InChI=1S/C13H9ClN2O4S/c14-12-4-3-11(21-12)13(17)15-5-6-20-10-2-1-8(16(18)19)7-9(10)15/h1-4,7H,5-6H2. The topological polar surface area (TPSA) is 72.7 Å². The maximum absolute atomic E-state index is 12.5. The van der Waals surface area contributed by atoms with E-state index < -0.39 is 4.92 Å². The summed E-state index contributed by atoms with van der Waals surface area (Å²) in [4.78, 5) is 24.9. The number of nitrogens with zero attached hydrogens (tertiary/aromatic N) is 2. The molecule has 0 fully saturated rings. The van der Waals surface area contributed by atoms with Gasteiger partial charge in [-0.1, -0.05) is 11.6 Å². The van der Waals surface area contributed by atoms with E-state index in [1.54, 1.807) is 12.1 Å². The van der Waals surface area contributed by atoms with Gasteiger partial charge in [0.05, 0.1) is 26.4 Å². The molecule has 1 aliphatic rings. The van der Waals surface area contributed by atoms with Gasteiger partial charge in [-0.15, -0.1) is 11.3 Å². The molecule has 0 N–H and O–H groups in total. The Bertz CT molecular complexity index is 731. The monoisotopic (exact) mass is 324 g/mol. The predicted octanol–water partition coefficient (Wildman–Crippen LogP) is 3.35. The molecule has 8 heteroatoms. The van der Waals surface area contributed by atoms with E-state index >= 15 is 0 Å². The Hall–Kier alpha value is -2.12. The number of benzene rings is 1. The number of non-ortho nitro benzene ring substituents is 1. The Morgan fingerprint density at radius 1 is 1.38 bits per heavy atom. The Kier molecular flexibility index (Phi) is 3.52. The average Bonchev–Trinajstić information content (AvgIpc) is 2.92. The molecule has 0 saturated heterocycles. The zero-order valence-electron chi connectivity index (χ0n) is 10.6. The molecule has 108 valence electrons. The van der Waals surface area contributed by atoms with E-state index in [2.05, 4.69) is 0 Å². The second kappa shape index (κ2) is 5.34. The lowest BCUT2D eigenvalue weighted by Crippen LogP contribution is -2.37. The van der Waals surface area contributed by atoms with Gasteiger partial charge < -0.3 is 9.64 Å². The smallest absolute Gasteiger partial charge is 0.271 e. The second-order valence-electron chi connectivity index (χ2n) is 4.32. The molecule has 1 amide bonds. The third-order valence-electron chi connectivity index (χ3n) is 3.05. The minimum atomic E-state index is -0.500. The molecule has 21 heavy (non-hydrogen) atoms. The van der Waals surface area contributed by atoms with E-state index in [-0.39, 0.29) is 11.6 Å². The van der Waals surface area contributed by atoms with Crippen molar-refractivity contribution >= 4 is 40.2 Å². The van der Waals surface area contributed by atoms with Crippen LogP contribution in [0.3, 0.4) is 0 Å². The van der Waals surface area contributed by atoms with Gasteiger partial charge in [-0.05, 0) is 18.2 Å². The molecular weight excluding hydrogens is 316 g/mol. The van der Waals surface area contributed by atoms with E-state index in [0.717, 1.165) is 0 Å². The number of ether oxygens (including phenoxy) is 1. The summed E-state index contributed by atoms with van der Waals surface area (Å²) in [6, 6.07) is 7.50. The maximum Gasteiger partial charge on any atom is 0.271 e. The number of nitro groups is 1. The van der Waals surface area contributed by atoms with Crippen LogP contribution in [-0.4, -0.2) is 24.0 Å². The zero-order valence-corrected chi connectivity index (χ0v) is 12.2. The number of anilines is 1. The van der Waals surface area contributed by atoms with Gasteiger partial charge in [-0.25, -0.2) is 0 Å². The van der Waals surface area contributed by atoms with Crippen LogP contribution in [0, 0.1) is 10.1 Å². The van der Waals surface area contributed by atoms with E-state index in [0.29, 0.717) is 33.8 Å². The highest BCUT2D eigenvalue weighted by Crippen LogP contribution is 2.36. The molecule has 3 rings (SSSR count). The van der Waals surface area contributed by atoms with Crippen LogP contribution in [0.2, 0.25) is 4.34 Å². The normalized spacial score (nSPS) is 13.5. The summed E-state index contributed by atoms with van der Waals surface area (Å²) in [5, 5.41) is 10.9. The highest BCUT2D eigenvalue weighted by atomic mass is 35.5. The molecular formula is C13H9ClN2O4S. The van der Waals surface area contributed by atoms with Crippen LogP contribution < -0.4 is 9.64 Å². The number of fused-ring (bicyclic) bond motifs is 1. The highest BCUT2D eigenvalue weighted by Gasteiger charge is 2.27. The second-order valence-corrected chi connectivity index (χ2v) is 6.03. The molecule has 0 radical (unpaired) electrons. The Morgan fingerprint density at radius 2 is 2.19 bits per heavy atom. The molecule has 1 aliphatic heterocycles. The van der Waals surface area contributed by atoms with Crippen molar-refractivity contribution < 1.29 is 14.5 Å². The summed E-state index contributed by atoms with van der Waals surface area (Å²) in [5.41, 5.74) is 0.325. The van der Waals surface area contributed by atoms with Crippen LogP contribution in [-0.2, 0) is 0 Å². The van der Waals surface area contributed by atoms with Crippen molar-refractivity contribution in [3.63, 3.8) is 0 Å². The van der Waals surface area contributed by atoms with Gasteiger partial charge in [0, 0.05) is 12.1 Å². The number of hydrogen-bond donors (Lipinski definition) is 0. The van der Waals surface area contributed by atoms with Crippen molar-refractivity contribution in [2.75, 3.05) is 18.1 Å². The maximum atomic E-state index is 12.5. The van der Waals surface area contributed by atoms with Gasteiger partial charge in [0.25, 0.3) is 11.6 Å². The molecule has 0 aliphatic carbocycles. The molecule has 0 bridgehead atoms. The largest absolute Gasteiger partial charge is 0.490 e. The summed E-state index contributed by atoms with van der Waals surface area (Å²) in [7, 11) is 0. The van der Waals surface area contributed by atoms with Gasteiger partial charge in [0.1, 0.15) is 12.4 Å². The Morgan fingerprint density at radius 3 is 2.86 bits per heavy atom. The molecule has 2 heterocycles. The zero-order chi connectivity index (χ0) is 15.0. The van der Waals surface area contributed by atoms with Crippen molar-refractivity contribution in [2.45, 2.75) is 0 Å². The Balaban J connectivity index is 2.01. The van der Waals surface area contributed by atoms with Gasteiger partial charge >= 0.3 is 0 Å². The minimum Gasteiger partial charge on any atom is -0.490 e. The van der Waals surface area contributed by atoms with Crippen molar-refractivity contribution in [3.8, 4) is 5.75 Å². The molecule has 0 saturated carbocycles. The van der Waals surface area contributed by atoms with Crippen molar-refractivity contribution in [3.05, 3.63) is 49.7 Å². The van der Waals surface area contributed by atoms with Crippen LogP contribution in [0.4, 0.5) is 11.4 Å². The summed E-state index contributed by atoms with van der Waals surface area (Å²) in [6.07, 6.45) is 0. The fourth-order valence-corrected chi connectivity index (χ4v) is 3.08. The van der Waals surface area contributed by atoms with E-state index in [4.69, 9.17) is 16.3 Å². The summed E-state index contributed by atoms with van der Waals surface area (Å²) in [6.45, 7) is 0.679. The first-order valence-electron chi connectivity index (χ1n) is 6.05. The SMILES string of the molecule is O=C(c1ccc(Cl)s1)N1CCOc2ccc([N+](=O)[O-])cc21. The number of carbonyl (C=O) groups is 1. The van der Waals surface area contributed by atoms with Crippen LogP contribution in [0.5, 0.6) is 5.75 Å². The molecule has 0 atom stereocenters. The molecule has 0 unspecified atom stereocenters. The number of amides is 1. The summed E-state index contributed by atoms with van der Waals surface area (Å²) in [5.74, 6) is 0.222. The number of nitro benzene ring substituents is 1. The highest BCUT2D eigenvalue weighted by molar-refractivity contribution is 7.18. The van der Waals surface area contributed by atoms with Gasteiger partial charge in [-0.2, -0.15) is 0 Å². The number of carbonyl (C=O) groups excluding carboxylic acids is 1. The van der Waals surface area contributed by atoms with E-state index in [1.165, 1.54) is 34.4 Å². The molecule has 2 aromatic rings. The molecule has 6 nitrogen and oxygen atoms in total. The van der Waals surface area contributed by atoms with Gasteiger partial charge in [0.15, 0.2) is 0 Å². The number of halogens is 1. The van der Waals surface area contributed by atoms with Crippen LogP contribution in [0.25, 0.3) is 0 Å². The van der Waals surface area contributed by atoms with Crippen LogP contribution in [0.1, 0.15) is 9.67 Å². The van der Waals surface area contributed by atoms with Crippen molar-refractivity contribution in [2.24, 2.45) is 0 Å². The predicted molar refractivity (Wildman–Crippen MR) is 79.6 cm³/mol. The van der Waals surface area contributed by atoms with Crippen LogP contribution in [0.15, 0.2) is 30.3 Å². The molecule has 1 aromatic heterocycles. The first-order valence-corrected chi connectivity index (χ1v) is 7.24. The lowest BCUT2D eigenvalue weighted by atomic mass is 10.2. The average molecular weight is 325 g/mol. The van der Waals surface area contributed by atoms with Crippen molar-refractivity contribution in [1.29, 1.82) is 0 Å². The number of rotatable bonds is 2. The summed E-state index contributed by atoms with van der Waals surface area (Å²) >= 11 is 7.02. The number of hydrogen-bond acceptors (Lipinski definition) is 5. The number of thiophene rings is 1. The molecule has 1 aromatic carbocycles. The fraction of sp³-hybridized carbons (Fsp3) is 0.154. The first kappa shape index (κ1) is 13.8. The van der Waals surface area contributed by atoms with Crippen molar-refractivity contribution in [1.82, 2.24) is 0 Å². The third kappa shape index (κ3) is 2.57.